The molecule has 0 fully saturated rings. The Labute approximate surface area is 221 Å². The van der Waals surface area contributed by atoms with E-state index in [4.69, 9.17) is 10.2 Å². The topological polar surface area (TPSA) is 202 Å². The Balaban J connectivity index is 1.61. The molecule has 0 bridgehead atoms. The number of nitrogens with zero attached hydrogens (tertiary/aromatic N) is 4. The Morgan fingerprint density at radius 2 is 1.00 bits per heavy atom. The lowest BCUT2D eigenvalue weighted by atomic mass is 10.2. The van der Waals surface area contributed by atoms with Gasteiger partial charge in [0.1, 0.15) is 11.4 Å². The molecule has 2 amide bonds. The van der Waals surface area contributed by atoms with Crippen molar-refractivity contribution in [2.24, 2.45) is 20.5 Å². The first-order chi connectivity index (χ1) is 18.7. The molecule has 5 N–H and O–H groups in total. The van der Waals surface area contributed by atoms with E-state index in [1.54, 1.807) is 24.3 Å². The summed E-state index contributed by atoms with van der Waals surface area (Å²) in [6.45, 7) is 0.0377. The summed E-state index contributed by atoms with van der Waals surface area (Å²) in [6.07, 6.45) is -0.350. The first-order valence-corrected chi connectivity index (χ1v) is 11.6. The van der Waals surface area contributed by atoms with E-state index in [1.165, 1.54) is 42.5 Å². The highest BCUT2D eigenvalue weighted by Gasteiger charge is 2.08. The summed E-state index contributed by atoms with van der Waals surface area (Å²) < 4.78 is 0. The molecule has 3 rings (SSSR count). The lowest BCUT2D eigenvalue weighted by molar-refractivity contribution is -0.137. The van der Waals surface area contributed by atoms with E-state index >= 15 is 0 Å². The van der Waals surface area contributed by atoms with Gasteiger partial charge in [0.25, 0.3) is 11.8 Å². The fraction of sp³-hybridized carbons (Fsp3) is 0.154. The van der Waals surface area contributed by atoms with E-state index in [-0.39, 0.29) is 37.4 Å². The third-order valence-electron chi connectivity index (χ3n) is 5.02. The van der Waals surface area contributed by atoms with Crippen LogP contribution in [0.15, 0.2) is 87.2 Å². The summed E-state index contributed by atoms with van der Waals surface area (Å²) in [4.78, 5) is 45.1. The number of phenols is 1. The van der Waals surface area contributed by atoms with Crippen molar-refractivity contribution in [2.75, 3.05) is 13.1 Å². The molecule has 0 unspecified atom stereocenters. The van der Waals surface area contributed by atoms with Gasteiger partial charge < -0.3 is 26.0 Å². The summed E-state index contributed by atoms with van der Waals surface area (Å²) in [5.41, 5.74) is 2.06. The largest absolute Gasteiger partial charge is 0.506 e. The normalized spacial score (nSPS) is 11.0. The molecule has 0 saturated heterocycles. The highest BCUT2D eigenvalue weighted by molar-refractivity contribution is 5.95. The van der Waals surface area contributed by atoms with E-state index in [0.29, 0.717) is 28.2 Å². The van der Waals surface area contributed by atoms with E-state index in [9.17, 15) is 24.3 Å². The SMILES string of the molecule is O=C(O)CCNC(=O)c1ccc(N=Nc2ccc(O)c(N=Nc3ccc(C(=O)NCCC(=O)O)cc3)c2)cc1. The number of azo groups is 2. The van der Waals surface area contributed by atoms with Crippen LogP contribution in [0.2, 0.25) is 0 Å². The number of hydrogen-bond donors (Lipinski definition) is 5. The van der Waals surface area contributed by atoms with Crippen molar-refractivity contribution in [3.8, 4) is 5.75 Å². The highest BCUT2D eigenvalue weighted by Crippen LogP contribution is 2.33. The number of aliphatic carboxylic acids is 2. The van der Waals surface area contributed by atoms with Crippen molar-refractivity contribution in [2.45, 2.75) is 12.8 Å². The number of benzene rings is 3. The Morgan fingerprint density at radius 1 is 0.590 bits per heavy atom. The molecule has 0 saturated carbocycles. The summed E-state index contributed by atoms with van der Waals surface area (Å²) in [5, 5.41) is 48.7. The number of phenolic OH excluding ortho intramolecular Hbond substituents is 1. The summed E-state index contributed by atoms with van der Waals surface area (Å²) in [5.74, 6) is -2.96. The molecular weight excluding hydrogens is 508 g/mol. The molecule has 13 heteroatoms. The number of aromatic hydroxyl groups is 1. The molecule has 0 spiro atoms. The zero-order valence-electron chi connectivity index (χ0n) is 20.4. The third-order valence-corrected chi connectivity index (χ3v) is 5.02. The maximum atomic E-state index is 12.0. The number of nitrogens with one attached hydrogen (secondary N) is 2. The lowest BCUT2D eigenvalue weighted by Crippen LogP contribution is -2.25. The minimum Gasteiger partial charge on any atom is -0.506 e. The fourth-order valence-electron chi connectivity index (χ4n) is 3.01. The molecular formula is C26H24N6O7. The average Bonchev–Trinajstić information content (AvgIpc) is 2.92. The molecule has 39 heavy (non-hydrogen) atoms. The monoisotopic (exact) mass is 532 g/mol. The number of carbonyl (C=O) groups excluding carboxylic acids is 2. The molecule has 200 valence electrons. The van der Waals surface area contributed by atoms with Gasteiger partial charge in [-0.2, -0.15) is 15.3 Å². The van der Waals surface area contributed by atoms with Crippen molar-refractivity contribution < 1.29 is 34.5 Å². The van der Waals surface area contributed by atoms with Crippen molar-refractivity contribution in [1.29, 1.82) is 0 Å². The molecule has 13 nitrogen and oxygen atoms in total. The summed E-state index contributed by atoms with van der Waals surface area (Å²) >= 11 is 0. The smallest absolute Gasteiger partial charge is 0.305 e. The van der Waals surface area contributed by atoms with Gasteiger partial charge in [0.05, 0.1) is 29.9 Å². The first-order valence-electron chi connectivity index (χ1n) is 11.6. The Morgan fingerprint density at radius 3 is 1.46 bits per heavy atom. The molecule has 0 radical (unpaired) electrons. The quantitative estimate of drug-likeness (QED) is 0.209. The van der Waals surface area contributed by atoms with Crippen molar-refractivity contribution in [3.05, 3.63) is 77.9 Å². The zero-order chi connectivity index (χ0) is 28.2. The molecule has 0 aromatic heterocycles. The zero-order valence-corrected chi connectivity index (χ0v) is 20.4. The molecule has 3 aromatic rings. The molecule has 0 aliphatic carbocycles. The van der Waals surface area contributed by atoms with Crippen molar-refractivity contribution in [3.63, 3.8) is 0 Å². The molecule has 0 aliphatic rings. The first kappa shape index (κ1) is 28.1. The Hall–Kier alpha value is -5.46. The van der Waals surface area contributed by atoms with Gasteiger partial charge in [0.2, 0.25) is 0 Å². The van der Waals surface area contributed by atoms with E-state index in [1.807, 2.05) is 0 Å². The van der Waals surface area contributed by atoms with Gasteiger partial charge in [-0.25, -0.2) is 0 Å². The van der Waals surface area contributed by atoms with E-state index < -0.39 is 23.8 Å². The van der Waals surface area contributed by atoms with Crippen LogP contribution in [0, 0.1) is 0 Å². The highest BCUT2D eigenvalue weighted by atomic mass is 16.4. The third kappa shape index (κ3) is 9.17. The molecule has 0 aliphatic heterocycles. The fourth-order valence-corrected chi connectivity index (χ4v) is 3.01. The van der Waals surface area contributed by atoms with E-state index in [0.717, 1.165) is 0 Å². The van der Waals surface area contributed by atoms with Crippen molar-refractivity contribution in [1.82, 2.24) is 10.6 Å². The second kappa shape index (κ2) is 13.7. The second-order valence-electron chi connectivity index (χ2n) is 7.97. The van der Waals surface area contributed by atoms with Gasteiger partial charge in [0, 0.05) is 24.2 Å². The van der Waals surface area contributed by atoms with Crippen molar-refractivity contribution >= 4 is 46.5 Å². The molecule has 3 aromatic carbocycles. The maximum absolute atomic E-state index is 12.0. The molecule has 0 atom stereocenters. The van der Waals surface area contributed by atoms with Gasteiger partial charge in [0.15, 0.2) is 0 Å². The number of carboxylic acid groups (broad SMARTS) is 2. The van der Waals surface area contributed by atoms with Gasteiger partial charge in [-0.1, -0.05) is 0 Å². The minimum atomic E-state index is -1.01. The predicted octanol–water partition coefficient (Wildman–Crippen LogP) is 4.63. The number of carboxylic acids is 2. The number of hydrogen-bond acceptors (Lipinski definition) is 9. The Bertz CT molecular complexity index is 1400. The van der Waals surface area contributed by atoms with E-state index in [2.05, 4.69) is 31.1 Å². The Kier molecular flexibility index (Phi) is 9.90. The molecule has 0 heterocycles. The van der Waals surface area contributed by atoms with Gasteiger partial charge in [-0.15, -0.1) is 5.11 Å². The minimum absolute atomic E-state index is 0.0151. The standard InChI is InChI=1S/C26H24N6O7/c33-22-10-9-20(31-29-18-5-1-16(2-6-18)25(38)27-13-11-23(34)35)15-21(22)32-30-19-7-3-17(4-8-19)26(39)28-14-12-24(36)37/h1-10,15,33H,11-14H2,(H,27,38)(H,28,39)(H,34,35)(H,36,37). The van der Waals surface area contributed by atoms with Gasteiger partial charge >= 0.3 is 11.9 Å². The predicted molar refractivity (Wildman–Crippen MR) is 139 cm³/mol. The number of carbonyl (C=O) groups is 4. The second-order valence-corrected chi connectivity index (χ2v) is 7.97. The van der Waals surface area contributed by atoms with Crippen LogP contribution < -0.4 is 10.6 Å². The van der Waals surface area contributed by atoms with Crippen LogP contribution in [0.5, 0.6) is 5.75 Å². The maximum Gasteiger partial charge on any atom is 0.305 e. The average molecular weight is 533 g/mol. The van der Waals surface area contributed by atoms with Crippen LogP contribution in [0.4, 0.5) is 22.7 Å². The van der Waals surface area contributed by atoms with Crippen LogP contribution in [0.1, 0.15) is 33.6 Å². The van der Waals surface area contributed by atoms with Crippen LogP contribution in [-0.2, 0) is 9.59 Å². The van der Waals surface area contributed by atoms with Crippen LogP contribution in [-0.4, -0.2) is 52.2 Å². The summed E-state index contributed by atoms with van der Waals surface area (Å²) in [6, 6.07) is 16.7. The summed E-state index contributed by atoms with van der Waals surface area (Å²) in [7, 11) is 0. The van der Waals surface area contributed by atoms with Gasteiger partial charge in [-0.3, -0.25) is 19.2 Å². The lowest BCUT2D eigenvalue weighted by Gasteiger charge is -2.04. The number of rotatable bonds is 12. The number of amides is 2. The van der Waals surface area contributed by atoms with Crippen LogP contribution >= 0.6 is 0 Å². The van der Waals surface area contributed by atoms with Crippen LogP contribution in [0.25, 0.3) is 0 Å². The van der Waals surface area contributed by atoms with Crippen LogP contribution in [0.3, 0.4) is 0 Å². The van der Waals surface area contributed by atoms with Gasteiger partial charge in [-0.05, 0) is 66.7 Å².